The fraction of sp³-hybridized carbons (Fsp3) is 0.500. The predicted octanol–water partition coefficient (Wildman–Crippen LogP) is 6.05. The average Bonchev–Trinajstić information content (AvgIpc) is 3.18. The number of aromatic nitrogens is 1. The van der Waals surface area contributed by atoms with Crippen LogP contribution >= 0.6 is 0 Å². The molecule has 4 atom stereocenters. The molecule has 27 heavy (non-hydrogen) atoms. The molecule has 0 radical (unpaired) electrons. The van der Waals surface area contributed by atoms with Crippen molar-refractivity contribution in [2.75, 3.05) is 0 Å². The van der Waals surface area contributed by atoms with Crippen LogP contribution in [0.25, 0.3) is 16.5 Å². The number of ketones is 1. The summed E-state index contributed by atoms with van der Waals surface area (Å²) in [5, 5.41) is 0.903. The Hall–Kier alpha value is -2.03. The van der Waals surface area contributed by atoms with E-state index in [1.54, 1.807) is 12.1 Å². The van der Waals surface area contributed by atoms with Crippen LogP contribution in [-0.2, 0) is 4.79 Å². The van der Waals surface area contributed by atoms with Crippen molar-refractivity contribution in [2.45, 2.75) is 46.5 Å². The molecule has 1 unspecified atom stereocenters. The summed E-state index contributed by atoms with van der Waals surface area (Å²) < 4.78 is 13.8. The van der Waals surface area contributed by atoms with E-state index in [9.17, 15) is 9.18 Å². The third-order valence-corrected chi connectivity index (χ3v) is 6.56. The lowest BCUT2D eigenvalue weighted by Crippen LogP contribution is -2.21. The van der Waals surface area contributed by atoms with Gasteiger partial charge in [0.2, 0.25) is 0 Å². The summed E-state index contributed by atoms with van der Waals surface area (Å²) in [5.74, 6) is 2.50. The molecular formula is C24H28FNO. The minimum atomic E-state index is -0.215. The van der Waals surface area contributed by atoms with E-state index in [4.69, 9.17) is 0 Å². The lowest BCUT2D eigenvalue weighted by molar-refractivity contribution is -0.124. The van der Waals surface area contributed by atoms with Crippen LogP contribution < -0.4 is 0 Å². The molecule has 0 bridgehead atoms. The third kappa shape index (κ3) is 3.56. The molecule has 3 heteroatoms. The third-order valence-electron chi connectivity index (χ3n) is 6.56. The van der Waals surface area contributed by atoms with E-state index in [1.165, 1.54) is 11.6 Å². The van der Waals surface area contributed by atoms with Crippen LogP contribution in [0.4, 0.5) is 4.39 Å². The molecule has 1 fully saturated rings. The molecule has 1 heterocycles. The number of hydrogen-bond donors (Lipinski definition) is 0. The Kier molecular flexibility index (Phi) is 4.88. The Labute approximate surface area is 160 Å². The fourth-order valence-corrected chi connectivity index (χ4v) is 5.11. The van der Waals surface area contributed by atoms with Gasteiger partial charge in [-0.3, -0.25) is 9.78 Å². The second-order valence-electron chi connectivity index (χ2n) is 8.92. The van der Waals surface area contributed by atoms with Crippen molar-refractivity contribution in [3.8, 4) is 0 Å². The summed E-state index contributed by atoms with van der Waals surface area (Å²) >= 11 is 0. The summed E-state index contributed by atoms with van der Waals surface area (Å²) in [4.78, 5) is 16.8. The molecule has 0 amide bonds. The lowest BCUT2D eigenvalue weighted by Gasteiger charge is -2.20. The van der Waals surface area contributed by atoms with Gasteiger partial charge in [-0.2, -0.15) is 0 Å². The molecule has 0 saturated heterocycles. The highest BCUT2D eigenvalue weighted by Gasteiger charge is 2.41. The molecule has 142 valence electrons. The number of fused-ring (bicyclic) bond motifs is 2. The highest BCUT2D eigenvalue weighted by molar-refractivity contribution is 5.92. The monoisotopic (exact) mass is 365 g/mol. The second kappa shape index (κ2) is 7.18. The zero-order chi connectivity index (χ0) is 19.1. The Morgan fingerprint density at radius 3 is 2.78 bits per heavy atom. The second-order valence-corrected chi connectivity index (χ2v) is 8.92. The standard InChI is InChI=1S/C24H28FNO/c1-14(2)8-24(27)15(3)16-9-17-11-19(12-18(17)10-16)21-6-7-26-23-5-4-20(25)13-22(21)23/h4-7,11,13-18H,8-10,12H2,1-3H3/t15?,16-,17+,18-/m1/s1. The molecule has 2 aromatic rings. The average molecular weight is 365 g/mol. The molecule has 1 aromatic carbocycles. The fourth-order valence-electron chi connectivity index (χ4n) is 5.11. The summed E-state index contributed by atoms with van der Waals surface area (Å²) in [6.45, 7) is 6.36. The highest BCUT2D eigenvalue weighted by Crippen LogP contribution is 2.51. The number of benzene rings is 1. The smallest absolute Gasteiger partial charge is 0.136 e. The number of pyridine rings is 1. The van der Waals surface area contributed by atoms with Gasteiger partial charge >= 0.3 is 0 Å². The van der Waals surface area contributed by atoms with Gasteiger partial charge in [0.05, 0.1) is 5.52 Å². The van der Waals surface area contributed by atoms with E-state index < -0.39 is 0 Å². The van der Waals surface area contributed by atoms with Crippen molar-refractivity contribution < 1.29 is 9.18 Å². The van der Waals surface area contributed by atoms with Crippen molar-refractivity contribution >= 4 is 22.3 Å². The van der Waals surface area contributed by atoms with E-state index in [0.29, 0.717) is 35.9 Å². The van der Waals surface area contributed by atoms with Crippen LogP contribution in [0.5, 0.6) is 0 Å². The number of carbonyl (C=O) groups is 1. The van der Waals surface area contributed by atoms with Gasteiger partial charge in [0.25, 0.3) is 0 Å². The Morgan fingerprint density at radius 2 is 2.04 bits per heavy atom. The zero-order valence-electron chi connectivity index (χ0n) is 16.4. The number of hydrogen-bond acceptors (Lipinski definition) is 2. The topological polar surface area (TPSA) is 30.0 Å². The maximum atomic E-state index is 13.8. The van der Waals surface area contributed by atoms with Gasteiger partial charge in [-0.05, 0) is 78.3 Å². The summed E-state index contributed by atoms with van der Waals surface area (Å²) in [5.41, 5.74) is 3.29. The SMILES string of the molecule is CC(C)CC(=O)C(C)[C@H]1C[C@@H]2CC(c3ccnc4ccc(F)cc34)=C[C@@H]2C1. The quantitative estimate of drug-likeness (QED) is 0.645. The Balaban J connectivity index is 1.53. The lowest BCUT2D eigenvalue weighted by atomic mass is 9.84. The van der Waals surface area contributed by atoms with Gasteiger partial charge in [0, 0.05) is 23.9 Å². The molecule has 2 aliphatic carbocycles. The molecule has 0 N–H and O–H groups in total. The minimum Gasteiger partial charge on any atom is -0.299 e. The van der Waals surface area contributed by atoms with Gasteiger partial charge in [-0.15, -0.1) is 0 Å². The van der Waals surface area contributed by atoms with E-state index in [2.05, 4.69) is 31.8 Å². The van der Waals surface area contributed by atoms with Crippen LogP contribution in [-0.4, -0.2) is 10.8 Å². The summed E-state index contributed by atoms with van der Waals surface area (Å²) in [6, 6.07) is 6.84. The number of Topliss-reactive ketones (excluding diaryl/α,β-unsaturated/α-hetero) is 1. The molecule has 0 aliphatic heterocycles. The number of carbonyl (C=O) groups excluding carboxylic acids is 1. The summed E-state index contributed by atoms with van der Waals surface area (Å²) in [6.07, 6.45) is 8.18. The Morgan fingerprint density at radius 1 is 1.22 bits per heavy atom. The Bertz CT molecular complexity index is 900. The van der Waals surface area contributed by atoms with Crippen molar-refractivity contribution in [3.63, 3.8) is 0 Å². The van der Waals surface area contributed by atoms with E-state index in [1.807, 2.05) is 12.3 Å². The molecular weight excluding hydrogens is 337 g/mol. The van der Waals surface area contributed by atoms with Gasteiger partial charge in [0.15, 0.2) is 0 Å². The largest absolute Gasteiger partial charge is 0.299 e. The van der Waals surface area contributed by atoms with Crippen LogP contribution in [0.1, 0.15) is 52.0 Å². The van der Waals surface area contributed by atoms with E-state index in [-0.39, 0.29) is 11.7 Å². The molecule has 4 rings (SSSR count). The van der Waals surface area contributed by atoms with Crippen LogP contribution in [0.3, 0.4) is 0 Å². The minimum absolute atomic E-state index is 0.172. The maximum absolute atomic E-state index is 13.8. The number of halogens is 1. The van der Waals surface area contributed by atoms with Gasteiger partial charge in [-0.25, -0.2) is 4.39 Å². The number of rotatable bonds is 5. The van der Waals surface area contributed by atoms with Crippen LogP contribution in [0.15, 0.2) is 36.5 Å². The van der Waals surface area contributed by atoms with Crippen molar-refractivity contribution in [1.82, 2.24) is 4.98 Å². The first-order valence-electron chi connectivity index (χ1n) is 10.2. The van der Waals surface area contributed by atoms with Gasteiger partial charge < -0.3 is 0 Å². The first-order chi connectivity index (χ1) is 12.9. The van der Waals surface area contributed by atoms with Crippen LogP contribution in [0, 0.1) is 35.4 Å². The first-order valence-corrected chi connectivity index (χ1v) is 10.2. The predicted molar refractivity (Wildman–Crippen MR) is 108 cm³/mol. The number of nitrogens with zero attached hydrogens (tertiary/aromatic N) is 1. The van der Waals surface area contributed by atoms with Gasteiger partial charge in [-0.1, -0.05) is 26.8 Å². The highest BCUT2D eigenvalue weighted by atomic mass is 19.1. The molecule has 1 aromatic heterocycles. The summed E-state index contributed by atoms with van der Waals surface area (Å²) in [7, 11) is 0. The zero-order valence-corrected chi connectivity index (χ0v) is 16.4. The normalized spacial score (nSPS) is 25.7. The molecule has 1 saturated carbocycles. The van der Waals surface area contributed by atoms with Gasteiger partial charge in [0.1, 0.15) is 11.6 Å². The van der Waals surface area contributed by atoms with Crippen LogP contribution in [0.2, 0.25) is 0 Å². The maximum Gasteiger partial charge on any atom is 0.136 e. The van der Waals surface area contributed by atoms with E-state index >= 15 is 0 Å². The molecule has 2 nitrogen and oxygen atoms in total. The van der Waals surface area contributed by atoms with Crippen molar-refractivity contribution in [3.05, 3.63) is 47.9 Å². The number of allylic oxidation sites excluding steroid dienone is 2. The molecule has 2 aliphatic rings. The first kappa shape index (κ1) is 18.3. The molecule has 0 spiro atoms. The van der Waals surface area contributed by atoms with E-state index in [0.717, 1.165) is 35.7 Å². The van der Waals surface area contributed by atoms with Crippen molar-refractivity contribution in [1.29, 1.82) is 0 Å². The van der Waals surface area contributed by atoms with Crippen molar-refractivity contribution in [2.24, 2.45) is 29.6 Å².